The summed E-state index contributed by atoms with van der Waals surface area (Å²) in [7, 11) is 0. The van der Waals surface area contributed by atoms with Gasteiger partial charge in [0.05, 0.1) is 17.8 Å². The number of H-pyrrole nitrogens is 1. The number of halogens is 3. The van der Waals surface area contributed by atoms with E-state index in [0.29, 0.717) is 73.4 Å². The quantitative estimate of drug-likeness (QED) is 0.187. The van der Waals surface area contributed by atoms with Crippen molar-refractivity contribution in [3.8, 4) is 16.9 Å². The van der Waals surface area contributed by atoms with Crippen molar-refractivity contribution in [2.75, 3.05) is 62.3 Å². The summed E-state index contributed by atoms with van der Waals surface area (Å²) in [6.45, 7) is 9.00. The summed E-state index contributed by atoms with van der Waals surface area (Å²) in [5, 5.41) is 8.84. The zero-order valence-corrected chi connectivity index (χ0v) is 28.8. The largest absolute Gasteiger partial charge is 0.481 e. The molecule has 4 aromatic rings. The minimum atomic E-state index is -4.55. The van der Waals surface area contributed by atoms with Crippen molar-refractivity contribution in [1.82, 2.24) is 25.1 Å². The maximum atomic E-state index is 14.0. The number of hydrogen-bond acceptors (Lipinski definition) is 8. The topological polar surface area (TPSA) is 99.7 Å². The van der Waals surface area contributed by atoms with Gasteiger partial charge >= 0.3 is 6.18 Å². The number of benzene rings is 2. The van der Waals surface area contributed by atoms with Crippen LogP contribution in [0.4, 0.5) is 24.9 Å². The van der Waals surface area contributed by atoms with E-state index >= 15 is 0 Å². The van der Waals surface area contributed by atoms with Crippen LogP contribution in [-0.2, 0) is 9.53 Å². The summed E-state index contributed by atoms with van der Waals surface area (Å²) in [5.74, 6) is 2.11. The summed E-state index contributed by atoms with van der Waals surface area (Å²) in [5.41, 5.74) is 4.57. The molecule has 0 radical (unpaired) electrons. The van der Waals surface area contributed by atoms with Crippen molar-refractivity contribution >= 4 is 39.5 Å². The van der Waals surface area contributed by atoms with Crippen molar-refractivity contribution < 1.29 is 27.4 Å². The van der Waals surface area contributed by atoms with Crippen molar-refractivity contribution in [1.29, 1.82) is 0 Å². The third-order valence-corrected chi connectivity index (χ3v) is 11.5. The maximum absolute atomic E-state index is 14.0. The minimum absolute atomic E-state index is 0.0420. The van der Waals surface area contributed by atoms with Crippen LogP contribution in [-0.4, -0.2) is 95.7 Å². The highest BCUT2D eigenvalue weighted by atomic mass is 19.4. The fourth-order valence-electron chi connectivity index (χ4n) is 8.16. The molecule has 5 heterocycles. The van der Waals surface area contributed by atoms with E-state index in [2.05, 4.69) is 32.6 Å². The zero-order chi connectivity index (χ0) is 35.1. The fraction of sp³-hybridized carbons (Fsp3) is 0.526. The molecule has 9 rings (SSSR count). The van der Waals surface area contributed by atoms with E-state index in [4.69, 9.17) is 19.4 Å². The third-order valence-electron chi connectivity index (χ3n) is 11.5. The van der Waals surface area contributed by atoms with Crippen LogP contribution in [0.25, 0.3) is 32.9 Å². The lowest BCUT2D eigenvalue weighted by molar-refractivity contribution is -0.153. The Morgan fingerprint density at radius 2 is 1.82 bits per heavy atom. The van der Waals surface area contributed by atoms with E-state index < -0.39 is 12.8 Å². The molecule has 268 valence electrons. The van der Waals surface area contributed by atoms with Gasteiger partial charge in [-0.1, -0.05) is 12.6 Å². The number of aromatic amines is 1. The van der Waals surface area contributed by atoms with Crippen LogP contribution in [0.2, 0.25) is 0 Å². The number of aryl methyl sites for hydroxylation is 1. The highest BCUT2D eigenvalue weighted by Crippen LogP contribution is 2.53. The second kappa shape index (κ2) is 12.1. The molecule has 2 aromatic carbocycles. The Labute approximate surface area is 294 Å². The number of fused-ring (bicyclic) bond motifs is 2. The number of nitrogens with zero attached hydrogens (tertiary/aromatic N) is 6. The molecule has 13 heteroatoms. The van der Waals surface area contributed by atoms with E-state index in [0.717, 1.165) is 59.9 Å². The number of ether oxygens (including phenoxy) is 2. The second-order valence-corrected chi connectivity index (χ2v) is 15.4. The number of rotatable bonds is 10. The van der Waals surface area contributed by atoms with E-state index in [1.807, 2.05) is 24.0 Å². The van der Waals surface area contributed by atoms with E-state index in [-0.39, 0.29) is 29.1 Å². The monoisotopic (exact) mass is 701 g/mol. The molecule has 5 aliphatic rings. The number of alkyl halides is 3. The number of nitrogens with one attached hydrogen (secondary N) is 1. The third kappa shape index (κ3) is 6.06. The molecule has 5 fully saturated rings. The second-order valence-electron chi connectivity index (χ2n) is 15.4. The Morgan fingerprint density at radius 3 is 2.51 bits per heavy atom. The van der Waals surface area contributed by atoms with E-state index in [1.54, 1.807) is 6.20 Å². The Hall–Kier alpha value is -4.39. The molecule has 3 aliphatic heterocycles. The molecule has 51 heavy (non-hydrogen) atoms. The van der Waals surface area contributed by atoms with Gasteiger partial charge in [0.1, 0.15) is 11.3 Å². The van der Waals surface area contributed by atoms with Crippen molar-refractivity contribution in [3.63, 3.8) is 0 Å². The lowest BCUT2D eigenvalue weighted by Gasteiger charge is -2.54. The van der Waals surface area contributed by atoms with Gasteiger partial charge in [0.15, 0.2) is 12.4 Å². The SMILES string of the molecule is C=CC(=O)N1CC2(CCN(c3nc(N4CC(OCC5CC5)C4)nc4c(OCC(F)(F)F)c(-c5c(C)ccc6[nH]ncc56)c(C5CC5)cc34)CC2)C1. The molecule has 2 aromatic heterocycles. The lowest BCUT2D eigenvalue weighted by atomic mass is 9.72. The first kappa shape index (κ1) is 32.5. The van der Waals surface area contributed by atoms with Crippen LogP contribution in [0.1, 0.15) is 55.6 Å². The molecule has 2 aliphatic carbocycles. The molecule has 10 nitrogen and oxygen atoms in total. The van der Waals surface area contributed by atoms with Crippen LogP contribution in [0.3, 0.4) is 0 Å². The molecular weight excluding hydrogens is 659 g/mol. The van der Waals surface area contributed by atoms with Gasteiger partial charge in [-0.25, -0.2) is 4.98 Å². The standard InChI is InChI=1S/C38H42F3N7O3/c1-3-30(49)48-19-37(20-48)10-12-46(13-11-37)35-27-14-26(24-7-8-24)32(31-22(2)4-9-29-28(31)15-42-45-29)34(51-21-38(39,40)41)33(27)43-36(44-35)47-16-25(17-47)50-18-23-5-6-23/h3-4,9,14-15,23-25H,1,5-8,10-13,16-21H2,2H3,(H,42,45). The summed E-state index contributed by atoms with van der Waals surface area (Å²) in [6, 6.07) is 6.03. The number of carbonyl (C=O) groups is 1. The lowest BCUT2D eigenvalue weighted by Crippen LogP contribution is -2.61. The molecule has 2 saturated carbocycles. The van der Waals surface area contributed by atoms with Crippen LogP contribution in [0, 0.1) is 18.3 Å². The number of piperidine rings is 1. The number of amides is 1. The molecule has 1 spiro atoms. The summed E-state index contributed by atoms with van der Waals surface area (Å²) in [4.78, 5) is 28.6. The first-order valence-corrected chi connectivity index (χ1v) is 18.1. The highest BCUT2D eigenvalue weighted by Gasteiger charge is 2.47. The molecule has 1 amide bonds. The van der Waals surface area contributed by atoms with Gasteiger partial charge in [-0.15, -0.1) is 0 Å². The van der Waals surface area contributed by atoms with E-state index in [9.17, 15) is 18.0 Å². The van der Waals surface area contributed by atoms with Gasteiger partial charge in [0, 0.05) is 67.6 Å². The number of likely N-dealkylation sites (tertiary alicyclic amines) is 1. The van der Waals surface area contributed by atoms with Gasteiger partial charge < -0.3 is 24.2 Å². The Balaban J connectivity index is 1.17. The van der Waals surface area contributed by atoms with Crippen LogP contribution < -0.4 is 14.5 Å². The van der Waals surface area contributed by atoms with Crippen molar-refractivity contribution in [2.24, 2.45) is 11.3 Å². The average Bonchev–Trinajstić information content (AvgIpc) is 4.02. The molecule has 0 atom stereocenters. The number of hydrogen-bond donors (Lipinski definition) is 1. The fourth-order valence-corrected chi connectivity index (χ4v) is 8.16. The molecule has 0 bridgehead atoms. The van der Waals surface area contributed by atoms with E-state index in [1.165, 1.54) is 18.9 Å². The number of aromatic nitrogens is 4. The molecule has 3 saturated heterocycles. The van der Waals surface area contributed by atoms with Gasteiger partial charge in [0.25, 0.3) is 0 Å². The molecule has 0 unspecified atom stereocenters. The van der Waals surface area contributed by atoms with Gasteiger partial charge in [-0.2, -0.15) is 23.3 Å². The predicted octanol–water partition coefficient (Wildman–Crippen LogP) is 6.53. The minimum Gasteiger partial charge on any atom is -0.481 e. The summed E-state index contributed by atoms with van der Waals surface area (Å²) in [6.07, 6.45) is 4.68. The first-order valence-electron chi connectivity index (χ1n) is 18.1. The van der Waals surface area contributed by atoms with Crippen LogP contribution in [0.5, 0.6) is 5.75 Å². The predicted molar refractivity (Wildman–Crippen MR) is 188 cm³/mol. The highest BCUT2D eigenvalue weighted by molar-refractivity contribution is 6.06. The normalized spacial score (nSPS) is 20.6. The Bertz CT molecular complexity index is 2020. The van der Waals surface area contributed by atoms with Crippen molar-refractivity contribution in [3.05, 3.63) is 48.2 Å². The molecule has 1 N–H and O–H groups in total. The number of carbonyl (C=O) groups excluding carboxylic acids is 1. The van der Waals surface area contributed by atoms with Gasteiger partial charge in [-0.3, -0.25) is 9.89 Å². The first-order chi connectivity index (χ1) is 24.6. The van der Waals surface area contributed by atoms with Gasteiger partial charge in [0.2, 0.25) is 11.9 Å². The maximum Gasteiger partial charge on any atom is 0.422 e. The average molecular weight is 702 g/mol. The van der Waals surface area contributed by atoms with Crippen molar-refractivity contribution in [2.45, 2.75) is 63.6 Å². The van der Waals surface area contributed by atoms with Gasteiger partial charge in [-0.05, 0) is 92.2 Å². The number of anilines is 2. The summed E-state index contributed by atoms with van der Waals surface area (Å²) < 4.78 is 54.2. The van der Waals surface area contributed by atoms with Crippen LogP contribution >= 0.6 is 0 Å². The molecular formula is C38H42F3N7O3. The Morgan fingerprint density at radius 1 is 1.06 bits per heavy atom. The smallest absolute Gasteiger partial charge is 0.422 e. The summed E-state index contributed by atoms with van der Waals surface area (Å²) >= 11 is 0. The Kier molecular flexibility index (Phi) is 7.71. The van der Waals surface area contributed by atoms with Crippen LogP contribution in [0.15, 0.2) is 37.1 Å². The zero-order valence-electron chi connectivity index (χ0n) is 28.8.